The van der Waals surface area contributed by atoms with Gasteiger partial charge in [0.15, 0.2) is 0 Å². The molecule has 2 amide bonds. The van der Waals surface area contributed by atoms with Gasteiger partial charge in [-0.3, -0.25) is 9.59 Å². The van der Waals surface area contributed by atoms with Crippen LogP contribution in [0, 0.1) is 5.92 Å². The average molecular weight is 254 g/mol. The molecule has 1 aromatic rings. The molecule has 1 aliphatic heterocycles. The maximum Gasteiger partial charge on any atom is 0.231 e. The maximum absolute atomic E-state index is 11.9. The van der Waals surface area contributed by atoms with Crippen LogP contribution in [-0.2, 0) is 9.59 Å². The summed E-state index contributed by atoms with van der Waals surface area (Å²) >= 11 is 1.27. The largest absolute Gasteiger partial charge is 0.339 e. The van der Waals surface area contributed by atoms with Crippen LogP contribution in [0.3, 0.4) is 0 Å². The summed E-state index contributed by atoms with van der Waals surface area (Å²) < 4.78 is 0. The molecule has 1 saturated heterocycles. The second kappa shape index (κ2) is 4.79. The Labute approximate surface area is 103 Å². The standard InChI is InChI=1S/C10H14N4O2S/c1-6(2)14-4-7(3-8(14)15)9(16)12-10-13-11-5-17-10/h5-7H,3-4H2,1-2H3,(H,12,13,16)/t7-/m1/s1. The number of hydrogen-bond acceptors (Lipinski definition) is 5. The van der Waals surface area contributed by atoms with Crippen molar-refractivity contribution in [3.8, 4) is 0 Å². The van der Waals surface area contributed by atoms with Crippen molar-refractivity contribution in [1.82, 2.24) is 15.1 Å². The molecule has 0 radical (unpaired) electrons. The molecule has 1 N–H and O–H groups in total. The maximum atomic E-state index is 11.9. The van der Waals surface area contributed by atoms with E-state index in [0.717, 1.165) is 0 Å². The summed E-state index contributed by atoms with van der Waals surface area (Å²) in [6.45, 7) is 4.38. The van der Waals surface area contributed by atoms with Gasteiger partial charge in [-0.1, -0.05) is 11.3 Å². The monoisotopic (exact) mass is 254 g/mol. The van der Waals surface area contributed by atoms with Crippen LogP contribution >= 0.6 is 11.3 Å². The van der Waals surface area contributed by atoms with Gasteiger partial charge in [0, 0.05) is 19.0 Å². The molecule has 1 fully saturated rings. The minimum Gasteiger partial charge on any atom is -0.339 e. The molecule has 0 unspecified atom stereocenters. The molecule has 2 rings (SSSR count). The Morgan fingerprint density at radius 3 is 2.94 bits per heavy atom. The number of anilines is 1. The first kappa shape index (κ1) is 12.0. The Balaban J connectivity index is 1.96. The SMILES string of the molecule is CC(C)N1C[C@H](C(=O)Nc2nncs2)CC1=O. The van der Waals surface area contributed by atoms with E-state index in [-0.39, 0.29) is 30.2 Å². The van der Waals surface area contributed by atoms with E-state index < -0.39 is 0 Å². The zero-order valence-corrected chi connectivity index (χ0v) is 10.5. The zero-order chi connectivity index (χ0) is 12.4. The van der Waals surface area contributed by atoms with Gasteiger partial charge in [-0.15, -0.1) is 10.2 Å². The van der Waals surface area contributed by atoms with Crippen molar-refractivity contribution < 1.29 is 9.59 Å². The minimum atomic E-state index is -0.284. The van der Waals surface area contributed by atoms with Gasteiger partial charge in [0.1, 0.15) is 5.51 Å². The van der Waals surface area contributed by atoms with Crippen molar-refractivity contribution in [3.05, 3.63) is 5.51 Å². The molecule has 0 saturated carbocycles. The molecular weight excluding hydrogens is 240 g/mol. The predicted molar refractivity (Wildman–Crippen MR) is 63.5 cm³/mol. The van der Waals surface area contributed by atoms with E-state index in [1.54, 1.807) is 10.4 Å². The van der Waals surface area contributed by atoms with Crippen molar-refractivity contribution in [2.24, 2.45) is 5.92 Å². The summed E-state index contributed by atoms with van der Waals surface area (Å²) in [5, 5.41) is 10.5. The lowest BCUT2D eigenvalue weighted by atomic mass is 10.1. The van der Waals surface area contributed by atoms with E-state index in [9.17, 15) is 9.59 Å². The van der Waals surface area contributed by atoms with E-state index in [1.165, 1.54) is 11.3 Å². The first-order valence-corrected chi connectivity index (χ1v) is 6.32. The van der Waals surface area contributed by atoms with Crippen molar-refractivity contribution >= 4 is 28.3 Å². The van der Waals surface area contributed by atoms with Gasteiger partial charge in [0.05, 0.1) is 5.92 Å². The number of hydrogen-bond donors (Lipinski definition) is 1. The number of likely N-dealkylation sites (tertiary alicyclic amines) is 1. The quantitative estimate of drug-likeness (QED) is 0.863. The lowest BCUT2D eigenvalue weighted by molar-refractivity contribution is -0.129. The normalized spacial score (nSPS) is 20.1. The molecule has 1 aromatic heterocycles. The summed E-state index contributed by atoms with van der Waals surface area (Å²) in [7, 11) is 0. The van der Waals surface area contributed by atoms with Gasteiger partial charge >= 0.3 is 0 Å². The lowest BCUT2D eigenvalue weighted by Crippen LogP contribution is -2.33. The van der Waals surface area contributed by atoms with Gasteiger partial charge in [-0.05, 0) is 13.8 Å². The second-order valence-corrected chi connectivity index (χ2v) is 5.11. The highest BCUT2D eigenvalue weighted by Gasteiger charge is 2.35. The first-order chi connectivity index (χ1) is 8.08. The summed E-state index contributed by atoms with van der Waals surface area (Å²) in [6, 6.07) is 0.141. The van der Waals surface area contributed by atoms with E-state index in [1.807, 2.05) is 13.8 Å². The fourth-order valence-corrected chi connectivity index (χ4v) is 2.29. The van der Waals surface area contributed by atoms with Gasteiger partial charge in [0.2, 0.25) is 16.9 Å². The number of nitrogens with one attached hydrogen (secondary N) is 1. The highest BCUT2D eigenvalue weighted by Crippen LogP contribution is 2.21. The van der Waals surface area contributed by atoms with Crippen LogP contribution in [0.1, 0.15) is 20.3 Å². The van der Waals surface area contributed by atoms with Crippen LogP contribution in [0.5, 0.6) is 0 Å². The Morgan fingerprint density at radius 2 is 2.41 bits per heavy atom. The van der Waals surface area contributed by atoms with Crippen molar-refractivity contribution in [2.45, 2.75) is 26.3 Å². The van der Waals surface area contributed by atoms with Crippen LogP contribution in [0.4, 0.5) is 5.13 Å². The fourth-order valence-electron chi connectivity index (χ4n) is 1.84. The van der Waals surface area contributed by atoms with Crippen molar-refractivity contribution in [2.75, 3.05) is 11.9 Å². The van der Waals surface area contributed by atoms with Crippen molar-refractivity contribution in [3.63, 3.8) is 0 Å². The molecule has 1 aliphatic rings. The molecule has 2 heterocycles. The highest BCUT2D eigenvalue weighted by molar-refractivity contribution is 7.13. The third-order valence-electron chi connectivity index (χ3n) is 2.74. The summed E-state index contributed by atoms with van der Waals surface area (Å²) in [4.78, 5) is 25.3. The molecule has 0 spiro atoms. The van der Waals surface area contributed by atoms with Gasteiger partial charge in [0.25, 0.3) is 0 Å². The Morgan fingerprint density at radius 1 is 1.65 bits per heavy atom. The second-order valence-electron chi connectivity index (χ2n) is 4.27. The molecule has 7 heteroatoms. The summed E-state index contributed by atoms with van der Waals surface area (Å²) in [5.74, 6) is -0.399. The Kier molecular flexibility index (Phi) is 3.37. The Bertz CT molecular complexity index is 418. The first-order valence-electron chi connectivity index (χ1n) is 5.44. The number of aromatic nitrogens is 2. The zero-order valence-electron chi connectivity index (χ0n) is 9.71. The molecule has 1 atom stereocenters. The van der Waals surface area contributed by atoms with Crippen LogP contribution < -0.4 is 5.32 Å². The van der Waals surface area contributed by atoms with E-state index in [4.69, 9.17) is 0 Å². The smallest absolute Gasteiger partial charge is 0.231 e. The molecule has 0 aromatic carbocycles. The van der Waals surface area contributed by atoms with Gasteiger partial charge < -0.3 is 10.2 Å². The van der Waals surface area contributed by atoms with Crippen LogP contribution in [0.15, 0.2) is 5.51 Å². The Hall–Kier alpha value is -1.50. The molecule has 92 valence electrons. The highest BCUT2D eigenvalue weighted by atomic mass is 32.1. The topological polar surface area (TPSA) is 75.2 Å². The third kappa shape index (κ3) is 2.60. The molecule has 0 aliphatic carbocycles. The summed E-state index contributed by atoms with van der Waals surface area (Å²) in [6.07, 6.45) is 0.281. The van der Waals surface area contributed by atoms with E-state index >= 15 is 0 Å². The fraction of sp³-hybridized carbons (Fsp3) is 0.600. The van der Waals surface area contributed by atoms with Crippen molar-refractivity contribution in [1.29, 1.82) is 0 Å². The van der Waals surface area contributed by atoms with E-state index in [0.29, 0.717) is 11.7 Å². The average Bonchev–Trinajstić information content (AvgIpc) is 2.86. The van der Waals surface area contributed by atoms with Crippen LogP contribution in [-0.4, -0.2) is 39.5 Å². The predicted octanol–water partition coefficient (Wildman–Crippen LogP) is 0.733. The van der Waals surface area contributed by atoms with E-state index in [2.05, 4.69) is 15.5 Å². The minimum absolute atomic E-state index is 0.0393. The molecule has 6 nitrogen and oxygen atoms in total. The number of rotatable bonds is 3. The van der Waals surface area contributed by atoms with Gasteiger partial charge in [-0.2, -0.15) is 0 Å². The lowest BCUT2D eigenvalue weighted by Gasteiger charge is -2.20. The molecule has 17 heavy (non-hydrogen) atoms. The third-order valence-corrected chi connectivity index (χ3v) is 3.35. The van der Waals surface area contributed by atoms with Crippen LogP contribution in [0.25, 0.3) is 0 Å². The number of nitrogens with zero attached hydrogens (tertiary/aromatic N) is 3. The number of carbonyl (C=O) groups excluding carboxylic acids is 2. The summed E-state index contributed by atoms with van der Waals surface area (Å²) in [5.41, 5.74) is 1.55. The molecule has 0 bridgehead atoms. The van der Waals surface area contributed by atoms with Gasteiger partial charge in [-0.25, -0.2) is 0 Å². The number of carbonyl (C=O) groups is 2. The number of amides is 2. The molecular formula is C10H14N4O2S. The van der Waals surface area contributed by atoms with Crippen LogP contribution in [0.2, 0.25) is 0 Å².